The van der Waals surface area contributed by atoms with Crippen LogP contribution in [0.15, 0.2) is 18.2 Å². The maximum atomic E-state index is 12.1. The second-order valence-corrected chi connectivity index (χ2v) is 5.11. The molecule has 1 aromatic rings. The number of carboxylic acids is 1. The fraction of sp³-hybridized carbons (Fsp3) is 0.467. The van der Waals surface area contributed by atoms with Crippen LogP contribution < -0.4 is 10.1 Å². The number of aryl methyl sites for hydroxylation is 1. The predicted molar refractivity (Wildman–Crippen MR) is 77.4 cm³/mol. The third-order valence-electron chi connectivity index (χ3n) is 3.33. The summed E-state index contributed by atoms with van der Waals surface area (Å²) in [6.07, 6.45) is 0.493. The monoisotopic (exact) mass is 292 g/mol. The molecule has 2 rings (SSSR count). The first-order valence-electron chi connectivity index (χ1n) is 7.03. The standard InChI is InChI=1S/C15H20N2O4/c1-11-4-5-13-12(9-11)10-17(7-8-21-13)15(20)16-6-2-3-14(18)19/h4-5,9H,2-3,6-8,10H2,1H3,(H,16,20)(H,18,19). The smallest absolute Gasteiger partial charge is 0.317 e. The molecule has 1 aliphatic heterocycles. The van der Waals surface area contributed by atoms with Crippen molar-refractivity contribution in [3.05, 3.63) is 29.3 Å². The molecule has 0 bridgehead atoms. The number of carbonyl (C=O) groups excluding carboxylic acids is 1. The summed E-state index contributed by atoms with van der Waals surface area (Å²) in [5.41, 5.74) is 2.12. The Kier molecular flexibility index (Phi) is 5.03. The third kappa shape index (κ3) is 4.37. The van der Waals surface area contributed by atoms with E-state index in [0.29, 0.717) is 32.7 Å². The molecule has 6 nitrogen and oxygen atoms in total. The van der Waals surface area contributed by atoms with Crippen LogP contribution in [-0.4, -0.2) is 41.7 Å². The largest absolute Gasteiger partial charge is 0.491 e. The molecule has 0 spiro atoms. The molecule has 1 aromatic carbocycles. The molecule has 1 aliphatic rings. The van der Waals surface area contributed by atoms with Crippen LogP contribution in [0.5, 0.6) is 5.75 Å². The summed E-state index contributed by atoms with van der Waals surface area (Å²) in [7, 11) is 0. The van der Waals surface area contributed by atoms with Gasteiger partial charge in [0.15, 0.2) is 0 Å². The van der Waals surface area contributed by atoms with E-state index >= 15 is 0 Å². The average Bonchev–Trinajstić information content (AvgIpc) is 2.64. The van der Waals surface area contributed by atoms with E-state index in [-0.39, 0.29) is 12.5 Å². The number of amides is 2. The lowest BCUT2D eigenvalue weighted by atomic mass is 10.1. The van der Waals surface area contributed by atoms with Crippen molar-refractivity contribution in [2.75, 3.05) is 19.7 Å². The van der Waals surface area contributed by atoms with Gasteiger partial charge in [-0.1, -0.05) is 17.7 Å². The maximum absolute atomic E-state index is 12.1. The summed E-state index contributed by atoms with van der Waals surface area (Å²) >= 11 is 0. The second kappa shape index (κ2) is 6.97. The zero-order chi connectivity index (χ0) is 15.2. The number of ether oxygens (including phenoxy) is 1. The Morgan fingerprint density at radius 3 is 3.00 bits per heavy atom. The van der Waals surface area contributed by atoms with Crippen LogP contribution in [0, 0.1) is 6.92 Å². The summed E-state index contributed by atoms with van der Waals surface area (Å²) in [5.74, 6) is -0.0291. The molecule has 0 radical (unpaired) electrons. The molecule has 2 N–H and O–H groups in total. The van der Waals surface area contributed by atoms with Crippen molar-refractivity contribution in [1.29, 1.82) is 0 Å². The second-order valence-electron chi connectivity index (χ2n) is 5.11. The molecule has 0 aromatic heterocycles. The van der Waals surface area contributed by atoms with Gasteiger partial charge in [-0.2, -0.15) is 0 Å². The molecule has 0 aliphatic carbocycles. The number of urea groups is 1. The molecule has 0 fully saturated rings. The summed E-state index contributed by atoms with van der Waals surface area (Å²) in [5, 5.41) is 11.3. The predicted octanol–water partition coefficient (Wildman–Crippen LogP) is 1.76. The van der Waals surface area contributed by atoms with Crippen LogP contribution in [0.4, 0.5) is 4.79 Å². The van der Waals surface area contributed by atoms with Crippen LogP contribution in [0.3, 0.4) is 0 Å². The van der Waals surface area contributed by atoms with Crippen molar-refractivity contribution in [3.8, 4) is 5.75 Å². The molecule has 6 heteroatoms. The number of hydrogen-bond acceptors (Lipinski definition) is 3. The summed E-state index contributed by atoms with van der Waals surface area (Å²) < 4.78 is 5.64. The van der Waals surface area contributed by atoms with E-state index < -0.39 is 5.97 Å². The van der Waals surface area contributed by atoms with Crippen molar-refractivity contribution in [2.45, 2.75) is 26.3 Å². The summed E-state index contributed by atoms with van der Waals surface area (Å²) in [6.45, 7) is 3.84. The molecule has 0 atom stereocenters. The molecule has 0 saturated heterocycles. The first-order valence-corrected chi connectivity index (χ1v) is 7.03. The van der Waals surface area contributed by atoms with Gasteiger partial charge in [-0.05, 0) is 19.4 Å². The van der Waals surface area contributed by atoms with E-state index in [1.807, 2.05) is 25.1 Å². The Bertz CT molecular complexity index is 530. The zero-order valence-electron chi connectivity index (χ0n) is 12.1. The van der Waals surface area contributed by atoms with E-state index in [2.05, 4.69) is 5.32 Å². The molecule has 2 amide bonds. The molecular formula is C15H20N2O4. The van der Waals surface area contributed by atoms with Crippen molar-refractivity contribution in [3.63, 3.8) is 0 Å². The topological polar surface area (TPSA) is 78.9 Å². The van der Waals surface area contributed by atoms with Gasteiger partial charge in [-0.3, -0.25) is 4.79 Å². The van der Waals surface area contributed by atoms with E-state index in [9.17, 15) is 9.59 Å². The highest BCUT2D eigenvalue weighted by molar-refractivity contribution is 5.74. The van der Waals surface area contributed by atoms with Gasteiger partial charge in [0.1, 0.15) is 12.4 Å². The minimum Gasteiger partial charge on any atom is -0.491 e. The van der Waals surface area contributed by atoms with Gasteiger partial charge in [0.05, 0.1) is 13.1 Å². The Morgan fingerprint density at radius 1 is 1.43 bits per heavy atom. The van der Waals surface area contributed by atoms with Crippen molar-refractivity contribution >= 4 is 12.0 Å². The van der Waals surface area contributed by atoms with E-state index in [0.717, 1.165) is 16.9 Å². The zero-order valence-corrected chi connectivity index (χ0v) is 12.1. The van der Waals surface area contributed by atoms with Crippen LogP contribution in [0.1, 0.15) is 24.0 Å². The van der Waals surface area contributed by atoms with Crippen molar-refractivity contribution < 1.29 is 19.4 Å². The minimum absolute atomic E-state index is 0.0609. The lowest BCUT2D eigenvalue weighted by Gasteiger charge is -2.20. The van der Waals surface area contributed by atoms with E-state index in [4.69, 9.17) is 9.84 Å². The lowest BCUT2D eigenvalue weighted by molar-refractivity contribution is -0.137. The molecule has 1 heterocycles. The number of aliphatic carboxylic acids is 1. The SMILES string of the molecule is Cc1ccc2c(c1)CN(C(=O)NCCCC(=O)O)CCO2. The van der Waals surface area contributed by atoms with Crippen molar-refractivity contribution in [1.82, 2.24) is 10.2 Å². The van der Waals surface area contributed by atoms with Gasteiger partial charge in [-0.15, -0.1) is 0 Å². The highest BCUT2D eigenvalue weighted by Gasteiger charge is 2.19. The van der Waals surface area contributed by atoms with Crippen molar-refractivity contribution in [2.24, 2.45) is 0 Å². The number of benzene rings is 1. The first kappa shape index (κ1) is 15.2. The van der Waals surface area contributed by atoms with Gasteiger partial charge >= 0.3 is 12.0 Å². The highest BCUT2D eigenvalue weighted by Crippen LogP contribution is 2.24. The number of carboxylic acid groups (broad SMARTS) is 1. The van der Waals surface area contributed by atoms with Gasteiger partial charge < -0.3 is 20.1 Å². The van der Waals surface area contributed by atoms with Crippen LogP contribution >= 0.6 is 0 Å². The normalized spacial score (nSPS) is 13.9. The molecular weight excluding hydrogens is 272 g/mol. The lowest BCUT2D eigenvalue weighted by Crippen LogP contribution is -2.41. The van der Waals surface area contributed by atoms with Crippen LogP contribution in [-0.2, 0) is 11.3 Å². The number of carbonyl (C=O) groups is 2. The number of rotatable bonds is 4. The fourth-order valence-electron chi connectivity index (χ4n) is 2.24. The number of hydrogen-bond donors (Lipinski definition) is 2. The number of fused-ring (bicyclic) bond motifs is 1. The maximum Gasteiger partial charge on any atom is 0.317 e. The Labute approximate surface area is 123 Å². The Morgan fingerprint density at radius 2 is 2.24 bits per heavy atom. The van der Waals surface area contributed by atoms with Gasteiger partial charge in [0.25, 0.3) is 0 Å². The van der Waals surface area contributed by atoms with Gasteiger partial charge in [0.2, 0.25) is 0 Å². The quantitative estimate of drug-likeness (QED) is 0.829. The summed E-state index contributed by atoms with van der Waals surface area (Å²) in [4.78, 5) is 24.2. The molecule has 114 valence electrons. The molecule has 0 unspecified atom stereocenters. The molecule has 21 heavy (non-hydrogen) atoms. The Hall–Kier alpha value is -2.24. The molecule has 0 saturated carbocycles. The first-order chi connectivity index (χ1) is 10.1. The van der Waals surface area contributed by atoms with Crippen LogP contribution in [0.2, 0.25) is 0 Å². The number of nitrogens with one attached hydrogen (secondary N) is 1. The van der Waals surface area contributed by atoms with E-state index in [1.54, 1.807) is 4.90 Å². The van der Waals surface area contributed by atoms with Gasteiger partial charge in [-0.25, -0.2) is 4.79 Å². The Balaban J connectivity index is 1.91. The average molecular weight is 292 g/mol. The third-order valence-corrected chi connectivity index (χ3v) is 3.33. The number of nitrogens with zero attached hydrogens (tertiary/aromatic N) is 1. The van der Waals surface area contributed by atoms with Crippen LogP contribution in [0.25, 0.3) is 0 Å². The summed E-state index contributed by atoms with van der Waals surface area (Å²) in [6, 6.07) is 5.75. The minimum atomic E-state index is -0.850. The van der Waals surface area contributed by atoms with E-state index in [1.165, 1.54) is 0 Å². The fourth-order valence-corrected chi connectivity index (χ4v) is 2.24. The van der Waals surface area contributed by atoms with Gasteiger partial charge in [0, 0.05) is 18.5 Å². The highest BCUT2D eigenvalue weighted by atomic mass is 16.5.